The summed E-state index contributed by atoms with van der Waals surface area (Å²) in [7, 11) is 0. The van der Waals surface area contributed by atoms with E-state index in [1.54, 1.807) is 11.0 Å². The highest BCUT2D eigenvalue weighted by molar-refractivity contribution is 6.31. The van der Waals surface area contributed by atoms with E-state index < -0.39 is 5.60 Å². The summed E-state index contributed by atoms with van der Waals surface area (Å²) >= 11 is 6.09. The van der Waals surface area contributed by atoms with Gasteiger partial charge < -0.3 is 25.4 Å². The summed E-state index contributed by atoms with van der Waals surface area (Å²) in [6.07, 6.45) is 8.52. The topological polar surface area (TPSA) is 104 Å². The van der Waals surface area contributed by atoms with Crippen molar-refractivity contribution in [2.75, 3.05) is 18.4 Å². The quantitative estimate of drug-likeness (QED) is 0.605. The van der Waals surface area contributed by atoms with Crippen LogP contribution in [0.15, 0.2) is 12.3 Å². The molecular weight excluding hydrogens is 444 g/mol. The molecule has 5 saturated carbocycles. The molecule has 0 spiro atoms. The molecule has 1 aromatic rings. The zero-order chi connectivity index (χ0) is 22.7. The average molecular weight is 475 g/mol. The van der Waals surface area contributed by atoms with Gasteiger partial charge in [-0.05, 0) is 75.2 Å². The fourth-order valence-electron chi connectivity index (χ4n) is 6.77. The normalized spacial score (nSPS) is 36.7. The summed E-state index contributed by atoms with van der Waals surface area (Å²) in [6, 6.07) is 1.86. The number of carbonyl (C=O) groups excluding carboxylic acids is 2. The Morgan fingerprint density at radius 3 is 2.61 bits per heavy atom. The van der Waals surface area contributed by atoms with Crippen molar-refractivity contribution in [2.45, 2.75) is 75.2 Å². The van der Waals surface area contributed by atoms with E-state index in [0.717, 1.165) is 51.4 Å². The molecule has 1 aliphatic heterocycles. The Bertz CT molecular complexity index is 954. The van der Waals surface area contributed by atoms with Crippen LogP contribution in [-0.2, 0) is 4.74 Å². The molecule has 5 aliphatic carbocycles. The number of aromatic nitrogens is 1. The molecule has 2 amide bonds. The SMILES string of the molecule is O=C(NC1CC1)c1cc(Cl)cnc1NC1CCN(C(=O)OC2C3CC4CC2CC(O)(C4)C3)C1. The van der Waals surface area contributed by atoms with Gasteiger partial charge in [0.15, 0.2) is 0 Å². The van der Waals surface area contributed by atoms with E-state index in [1.807, 2.05) is 0 Å². The maximum atomic E-state index is 13.0. The maximum absolute atomic E-state index is 13.0. The first-order chi connectivity index (χ1) is 15.8. The highest BCUT2D eigenvalue weighted by Crippen LogP contribution is 2.56. The number of ether oxygens (including phenoxy) is 1. The molecule has 7 rings (SSSR count). The second-order valence-electron chi connectivity index (χ2n) is 10.9. The first kappa shape index (κ1) is 21.5. The van der Waals surface area contributed by atoms with Crippen molar-refractivity contribution >= 4 is 29.4 Å². The highest BCUT2D eigenvalue weighted by atomic mass is 35.5. The molecule has 6 aliphatic rings. The van der Waals surface area contributed by atoms with Gasteiger partial charge in [0.05, 0.1) is 16.2 Å². The number of amides is 2. The van der Waals surface area contributed by atoms with Crippen LogP contribution in [0.5, 0.6) is 0 Å². The molecule has 4 bridgehead atoms. The Morgan fingerprint density at radius 1 is 1.15 bits per heavy atom. The number of nitrogens with zero attached hydrogens (tertiary/aromatic N) is 2. The maximum Gasteiger partial charge on any atom is 0.410 e. The molecule has 3 unspecified atom stereocenters. The van der Waals surface area contributed by atoms with Gasteiger partial charge in [-0.1, -0.05) is 11.6 Å². The third-order valence-corrected chi connectivity index (χ3v) is 8.40. The molecule has 0 radical (unpaired) electrons. The summed E-state index contributed by atoms with van der Waals surface area (Å²) < 4.78 is 6.03. The smallest absolute Gasteiger partial charge is 0.410 e. The van der Waals surface area contributed by atoms with E-state index in [4.69, 9.17) is 16.3 Å². The van der Waals surface area contributed by atoms with Crippen LogP contribution in [0.3, 0.4) is 0 Å². The lowest BCUT2D eigenvalue weighted by Crippen LogP contribution is -2.58. The lowest BCUT2D eigenvalue weighted by Gasteiger charge is -2.57. The van der Waals surface area contributed by atoms with Gasteiger partial charge in [-0.2, -0.15) is 0 Å². The van der Waals surface area contributed by atoms with Gasteiger partial charge in [0, 0.05) is 31.4 Å². The van der Waals surface area contributed by atoms with Crippen LogP contribution in [0.1, 0.15) is 61.7 Å². The predicted molar refractivity (Wildman–Crippen MR) is 122 cm³/mol. The molecule has 2 heterocycles. The zero-order valence-corrected chi connectivity index (χ0v) is 19.4. The first-order valence-electron chi connectivity index (χ1n) is 12.3. The fraction of sp³-hybridized carbons (Fsp3) is 0.708. The number of anilines is 1. The molecule has 1 saturated heterocycles. The standard InChI is InChI=1S/C24H31ClN4O4/c25-16-7-19(22(30)28-17-1-2-17)21(26-11-16)27-18-3-4-29(12-18)23(31)33-20-14-5-13-6-15(20)10-24(32,8-13)9-14/h7,11,13-15,17-18,20,32H,1-6,8-10,12H2,(H,26,27)(H,28,30). The van der Waals surface area contributed by atoms with Gasteiger partial charge in [0.2, 0.25) is 0 Å². The molecule has 3 N–H and O–H groups in total. The van der Waals surface area contributed by atoms with Crippen LogP contribution in [0.4, 0.5) is 10.6 Å². The summed E-state index contributed by atoms with van der Waals surface area (Å²) in [5.74, 6) is 1.47. The lowest BCUT2D eigenvalue weighted by molar-refractivity contribution is -0.177. The minimum Gasteiger partial charge on any atom is -0.446 e. The van der Waals surface area contributed by atoms with Gasteiger partial charge in [0.25, 0.3) is 5.91 Å². The Morgan fingerprint density at radius 2 is 1.91 bits per heavy atom. The lowest BCUT2D eigenvalue weighted by atomic mass is 9.53. The van der Waals surface area contributed by atoms with E-state index in [1.165, 1.54) is 6.20 Å². The van der Waals surface area contributed by atoms with Gasteiger partial charge in [0.1, 0.15) is 11.9 Å². The highest BCUT2D eigenvalue weighted by Gasteiger charge is 2.56. The minimum atomic E-state index is -0.531. The Kier molecular flexibility index (Phi) is 5.21. The van der Waals surface area contributed by atoms with Crippen molar-refractivity contribution in [3.63, 3.8) is 0 Å². The Balaban J connectivity index is 1.07. The van der Waals surface area contributed by atoms with E-state index in [2.05, 4.69) is 15.6 Å². The van der Waals surface area contributed by atoms with Crippen molar-refractivity contribution in [1.82, 2.24) is 15.2 Å². The number of nitrogens with one attached hydrogen (secondary N) is 2. The molecule has 0 aromatic carbocycles. The molecule has 1 aromatic heterocycles. The molecular formula is C24H31ClN4O4. The molecule has 178 valence electrons. The van der Waals surface area contributed by atoms with Crippen LogP contribution >= 0.6 is 11.6 Å². The Hall–Kier alpha value is -2.06. The molecule has 8 nitrogen and oxygen atoms in total. The minimum absolute atomic E-state index is 0.0158. The van der Waals surface area contributed by atoms with E-state index in [0.29, 0.717) is 35.4 Å². The molecule has 9 heteroatoms. The summed E-state index contributed by atoms with van der Waals surface area (Å²) in [5, 5.41) is 17.5. The van der Waals surface area contributed by atoms with Crippen molar-refractivity contribution in [1.29, 1.82) is 0 Å². The summed E-state index contributed by atoms with van der Waals surface area (Å²) in [5.41, 5.74) is -0.0982. The van der Waals surface area contributed by atoms with Gasteiger partial charge in [-0.3, -0.25) is 4.79 Å². The number of pyridine rings is 1. The zero-order valence-electron chi connectivity index (χ0n) is 18.6. The van der Waals surface area contributed by atoms with E-state index in [9.17, 15) is 14.7 Å². The molecule has 6 fully saturated rings. The number of carbonyl (C=O) groups is 2. The predicted octanol–water partition coefficient (Wildman–Crippen LogP) is 3.19. The van der Waals surface area contributed by atoms with Crippen molar-refractivity contribution in [3.8, 4) is 0 Å². The van der Waals surface area contributed by atoms with Crippen LogP contribution in [0, 0.1) is 17.8 Å². The third-order valence-electron chi connectivity index (χ3n) is 8.19. The summed E-state index contributed by atoms with van der Waals surface area (Å²) in [6.45, 7) is 1.10. The second kappa shape index (κ2) is 8.01. The summed E-state index contributed by atoms with van der Waals surface area (Å²) in [4.78, 5) is 31.7. The van der Waals surface area contributed by atoms with Crippen LogP contribution in [-0.4, -0.2) is 63.9 Å². The van der Waals surface area contributed by atoms with E-state index >= 15 is 0 Å². The number of rotatable bonds is 5. The van der Waals surface area contributed by atoms with Crippen molar-refractivity contribution in [3.05, 3.63) is 22.8 Å². The largest absolute Gasteiger partial charge is 0.446 e. The first-order valence-corrected chi connectivity index (χ1v) is 12.6. The van der Waals surface area contributed by atoms with Gasteiger partial charge in [-0.25, -0.2) is 9.78 Å². The van der Waals surface area contributed by atoms with Crippen LogP contribution in [0.2, 0.25) is 5.02 Å². The average Bonchev–Trinajstić information content (AvgIpc) is 3.44. The monoisotopic (exact) mass is 474 g/mol. The van der Waals surface area contributed by atoms with Gasteiger partial charge in [-0.15, -0.1) is 0 Å². The number of likely N-dealkylation sites (tertiary alicyclic amines) is 1. The van der Waals surface area contributed by atoms with Crippen LogP contribution in [0.25, 0.3) is 0 Å². The van der Waals surface area contributed by atoms with E-state index in [-0.39, 0.29) is 42.0 Å². The second-order valence-corrected chi connectivity index (χ2v) is 11.4. The van der Waals surface area contributed by atoms with Gasteiger partial charge >= 0.3 is 6.09 Å². The number of hydrogen-bond donors (Lipinski definition) is 3. The molecule has 3 atom stereocenters. The number of halogens is 1. The third kappa shape index (κ3) is 4.28. The van der Waals surface area contributed by atoms with Crippen molar-refractivity contribution in [2.24, 2.45) is 17.8 Å². The number of hydrogen-bond acceptors (Lipinski definition) is 6. The molecule has 33 heavy (non-hydrogen) atoms. The van der Waals surface area contributed by atoms with Crippen molar-refractivity contribution < 1.29 is 19.4 Å². The Labute approximate surface area is 198 Å². The number of aliphatic hydroxyl groups is 1. The van der Waals surface area contributed by atoms with Crippen LogP contribution < -0.4 is 10.6 Å². The fourth-order valence-corrected chi connectivity index (χ4v) is 6.93.